The van der Waals surface area contributed by atoms with E-state index in [2.05, 4.69) is 26.3 Å². The van der Waals surface area contributed by atoms with Crippen LogP contribution in [0.1, 0.15) is 12.5 Å². The highest BCUT2D eigenvalue weighted by atomic mass is 16.6. The summed E-state index contributed by atoms with van der Waals surface area (Å²) in [5, 5.41) is 0. The van der Waals surface area contributed by atoms with Crippen LogP contribution in [0.5, 0.6) is 28.7 Å². The molecule has 38 heavy (non-hydrogen) atoms. The van der Waals surface area contributed by atoms with Gasteiger partial charge in [-0.1, -0.05) is 32.4 Å². The summed E-state index contributed by atoms with van der Waals surface area (Å²) in [6, 6.07) is 7.95. The maximum atomic E-state index is 12.8. The first kappa shape index (κ1) is 28.7. The van der Waals surface area contributed by atoms with Gasteiger partial charge in [-0.2, -0.15) is 0 Å². The first-order chi connectivity index (χ1) is 18.1. The third-order valence-corrected chi connectivity index (χ3v) is 4.31. The van der Waals surface area contributed by atoms with Crippen LogP contribution in [-0.4, -0.2) is 29.8 Å². The normalized spacial score (nSPS) is 10.3. The average molecular weight is 518 g/mol. The number of hydrogen-bond acceptors (Lipinski definition) is 10. The molecular formula is C28H22O10. The molecule has 0 saturated heterocycles. The summed E-state index contributed by atoms with van der Waals surface area (Å²) in [4.78, 5) is 59.2. The van der Waals surface area contributed by atoms with E-state index < -0.39 is 29.8 Å². The first-order valence-electron chi connectivity index (χ1n) is 10.7. The molecule has 2 aromatic carbocycles. The molecule has 2 rings (SSSR count). The SMILES string of the molecule is C=CC(=O)Oc1ccc(OC(=O)C(C)=Cc2ccc(OC(=O)C=C)c(OC(=O)C=C)c2)c(OC(=O)C=C)c1. The van der Waals surface area contributed by atoms with Gasteiger partial charge >= 0.3 is 29.8 Å². The number of benzene rings is 2. The summed E-state index contributed by atoms with van der Waals surface area (Å²) < 4.78 is 25.6. The summed E-state index contributed by atoms with van der Waals surface area (Å²) in [7, 11) is 0. The van der Waals surface area contributed by atoms with Crippen LogP contribution in [0.25, 0.3) is 6.08 Å². The largest absolute Gasteiger partial charge is 0.423 e. The third-order valence-electron chi connectivity index (χ3n) is 4.31. The molecule has 10 nitrogen and oxygen atoms in total. The average Bonchev–Trinajstić information content (AvgIpc) is 2.90. The van der Waals surface area contributed by atoms with Crippen molar-refractivity contribution in [2.24, 2.45) is 0 Å². The van der Waals surface area contributed by atoms with Crippen LogP contribution in [0.2, 0.25) is 0 Å². The topological polar surface area (TPSA) is 132 Å². The number of esters is 5. The van der Waals surface area contributed by atoms with E-state index in [0.717, 1.165) is 24.3 Å². The van der Waals surface area contributed by atoms with Gasteiger partial charge in [0.2, 0.25) is 0 Å². The molecule has 0 saturated carbocycles. The lowest BCUT2D eigenvalue weighted by Crippen LogP contribution is -2.12. The van der Waals surface area contributed by atoms with Crippen molar-refractivity contribution in [2.45, 2.75) is 6.92 Å². The van der Waals surface area contributed by atoms with E-state index in [9.17, 15) is 24.0 Å². The van der Waals surface area contributed by atoms with Crippen molar-refractivity contribution < 1.29 is 47.7 Å². The minimum Gasteiger partial charge on any atom is -0.423 e. The molecule has 0 bridgehead atoms. The van der Waals surface area contributed by atoms with E-state index in [1.807, 2.05) is 0 Å². The molecule has 10 heteroatoms. The van der Waals surface area contributed by atoms with E-state index in [-0.39, 0.29) is 34.3 Å². The summed E-state index contributed by atoms with van der Waals surface area (Å²) in [6.45, 7) is 14.7. The predicted molar refractivity (Wildman–Crippen MR) is 135 cm³/mol. The Balaban J connectivity index is 2.35. The fourth-order valence-corrected chi connectivity index (χ4v) is 2.59. The van der Waals surface area contributed by atoms with E-state index in [1.54, 1.807) is 0 Å². The Morgan fingerprint density at radius 1 is 0.579 bits per heavy atom. The monoisotopic (exact) mass is 518 g/mol. The van der Waals surface area contributed by atoms with Crippen LogP contribution in [-0.2, 0) is 24.0 Å². The van der Waals surface area contributed by atoms with Crippen molar-refractivity contribution in [1.29, 1.82) is 0 Å². The maximum Gasteiger partial charge on any atom is 0.339 e. The summed E-state index contributed by atoms with van der Waals surface area (Å²) in [5.74, 6) is -4.53. The molecule has 0 unspecified atom stereocenters. The van der Waals surface area contributed by atoms with Crippen molar-refractivity contribution in [2.75, 3.05) is 0 Å². The van der Waals surface area contributed by atoms with Gasteiger partial charge < -0.3 is 23.7 Å². The quantitative estimate of drug-likeness (QED) is 0.244. The van der Waals surface area contributed by atoms with Crippen molar-refractivity contribution in [3.63, 3.8) is 0 Å². The highest BCUT2D eigenvalue weighted by molar-refractivity contribution is 5.95. The van der Waals surface area contributed by atoms with Gasteiger partial charge in [0.05, 0.1) is 0 Å². The molecule has 194 valence electrons. The van der Waals surface area contributed by atoms with Gasteiger partial charge in [-0.15, -0.1) is 0 Å². The van der Waals surface area contributed by atoms with Gasteiger partial charge in [0.15, 0.2) is 23.0 Å². The number of carbonyl (C=O) groups excluding carboxylic acids is 5. The van der Waals surface area contributed by atoms with Crippen LogP contribution in [0.4, 0.5) is 0 Å². The number of ether oxygens (including phenoxy) is 5. The Morgan fingerprint density at radius 3 is 1.58 bits per heavy atom. The summed E-state index contributed by atoms with van der Waals surface area (Å²) >= 11 is 0. The molecule has 0 N–H and O–H groups in total. The van der Waals surface area contributed by atoms with E-state index in [4.69, 9.17) is 23.7 Å². The van der Waals surface area contributed by atoms with Gasteiger partial charge in [-0.05, 0) is 42.8 Å². The summed E-state index contributed by atoms with van der Waals surface area (Å²) in [5.41, 5.74) is 0.472. The zero-order valence-electron chi connectivity index (χ0n) is 20.3. The number of rotatable bonds is 11. The van der Waals surface area contributed by atoms with Gasteiger partial charge in [0.1, 0.15) is 5.75 Å². The smallest absolute Gasteiger partial charge is 0.339 e. The Kier molecular flexibility index (Phi) is 10.2. The van der Waals surface area contributed by atoms with E-state index >= 15 is 0 Å². The minimum absolute atomic E-state index is 0.00710. The Morgan fingerprint density at radius 2 is 1.03 bits per heavy atom. The molecule has 0 spiro atoms. The highest BCUT2D eigenvalue weighted by Crippen LogP contribution is 2.33. The molecule has 0 aliphatic carbocycles. The van der Waals surface area contributed by atoms with Crippen molar-refractivity contribution in [1.82, 2.24) is 0 Å². The van der Waals surface area contributed by atoms with Crippen LogP contribution >= 0.6 is 0 Å². The van der Waals surface area contributed by atoms with Crippen LogP contribution in [0.3, 0.4) is 0 Å². The zero-order valence-corrected chi connectivity index (χ0v) is 20.3. The molecule has 0 heterocycles. The third kappa shape index (κ3) is 8.31. The Bertz CT molecular complexity index is 1360. The second kappa shape index (κ2) is 13.5. The maximum absolute atomic E-state index is 12.8. The van der Waals surface area contributed by atoms with Crippen LogP contribution in [0, 0.1) is 0 Å². The fraction of sp³-hybridized carbons (Fsp3) is 0.0357. The Labute approximate surface area is 217 Å². The fourth-order valence-electron chi connectivity index (χ4n) is 2.59. The van der Waals surface area contributed by atoms with Gasteiger partial charge in [0.25, 0.3) is 0 Å². The second-order valence-electron chi connectivity index (χ2n) is 7.03. The second-order valence-corrected chi connectivity index (χ2v) is 7.03. The lowest BCUT2D eigenvalue weighted by Gasteiger charge is -2.12. The first-order valence-corrected chi connectivity index (χ1v) is 10.7. The molecule has 2 aromatic rings. The zero-order chi connectivity index (χ0) is 28.2. The van der Waals surface area contributed by atoms with Gasteiger partial charge in [-0.25, -0.2) is 24.0 Å². The molecule has 0 fully saturated rings. The van der Waals surface area contributed by atoms with Crippen LogP contribution < -0.4 is 23.7 Å². The molecule has 0 aliphatic heterocycles. The standard InChI is InChI=1S/C28H22O10/c1-6-24(29)34-19-11-13-21(23(16-19)37-27(32)9-4)38-28(33)17(5)14-18-10-12-20(35-25(30)7-2)22(15-18)36-26(31)8-3/h6-16H,1-4H2,5H3. The minimum atomic E-state index is -0.847. The number of hydrogen-bond donors (Lipinski definition) is 0. The lowest BCUT2D eigenvalue weighted by molar-refractivity contribution is -0.132. The Hall–Kier alpha value is -5.51. The predicted octanol–water partition coefficient (Wildman–Crippen LogP) is 4.06. The summed E-state index contributed by atoms with van der Waals surface area (Å²) in [6.07, 6.45) is 5.10. The molecule has 0 amide bonds. The van der Waals surface area contributed by atoms with Gasteiger partial charge in [0, 0.05) is 35.9 Å². The molecule has 0 aromatic heterocycles. The van der Waals surface area contributed by atoms with E-state index in [1.165, 1.54) is 49.4 Å². The number of carbonyl (C=O) groups is 5. The molecule has 0 radical (unpaired) electrons. The van der Waals surface area contributed by atoms with E-state index in [0.29, 0.717) is 5.56 Å². The molecule has 0 aliphatic rings. The lowest BCUT2D eigenvalue weighted by atomic mass is 10.1. The van der Waals surface area contributed by atoms with Crippen molar-refractivity contribution in [3.8, 4) is 28.7 Å². The van der Waals surface area contributed by atoms with Crippen molar-refractivity contribution >= 4 is 35.9 Å². The molecular weight excluding hydrogens is 496 g/mol. The van der Waals surface area contributed by atoms with Crippen LogP contribution in [0.15, 0.2) is 92.6 Å². The highest BCUT2D eigenvalue weighted by Gasteiger charge is 2.17. The van der Waals surface area contributed by atoms with Crippen molar-refractivity contribution in [3.05, 3.63) is 98.2 Å². The molecule has 0 atom stereocenters. The van der Waals surface area contributed by atoms with Gasteiger partial charge in [-0.3, -0.25) is 0 Å².